The van der Waals surface area contributed by atoms with Crippen molar-refractivity contribution in [3.05, 3.63) is 0 Å². The minimum atomic E-state index is -0.162. The Morgan fingerprint density at radius 1 is 1.53 bits per heavy atom. The number of hydrogen-bond donors (Lipinski definition) is 1. The van der Waals surface area contributed by atoms with Gasteiger partial charge in [0.25, 0.3) is 0 Å². The number of carbonyl (C=O) groups excluding carboxylic acids is 1. The lowest BCUT2D eigenvalue weighted by atomic mass is 9.88. The van der Waals surface area contributed by atoms with E-state index in [2.05, 4.69) is 33.0 Å². The van der Waals surface area contributed by atoms with E-state index >= 15 is 0 Å². The first-order chi connectivity index (χ1) is 6.99. The maximum atomic E-state index is 12.3. The highest BCUT2D eigenvalue weighted by molar-refractivity contribution is 5.83. The zero-order chi connectivity index (χ0) is 11.5. The van der Waals surface area contributed by atoms with Crippen molar-refractivity contribution in [2.24, 2.45) is 11.3 Å². The van der Waals surface area contributed by atoms with Gasteiger partial charge in [-0.2, -0.15) is 0 Å². The van der Waals surface area contributed by atoms with Gasteiger partial charge >= 0.3 is 0 Å². The third-order valence-corrected chi connectivity index (χ3v) is 3.14. The fraction of sp³-hybridized carbons (Fsp3) is 0.917. The van der Waals surface area contributed by atoms with Crippen LogP contribution >= 0.6 is 0 Å². The molecule has 0 radical (unpaired) electrons. The van der Waals surface area contributed by atoms with E-state index < -0.39 is 0 Å². The molecule has 15 heavy (non-hydrogen) atoms. The molecule has 1 atom stereocenters. The van der Waals surface area contributed by atoms with Crippen molar-refractivity contribution in [2.75, 3.05) is 26.2 Å². The van der Waals surface area contributed by atoms with Gasteiger partial charge in [-0.3, -0.25) is 4.79 Å². The largest absolute Gasteiger partial charge is 0.342 e. The van der Waals surface area contributed by atoms with E-state index in [1.165, 1.54) is 0 Å². The number of carbonyl (C=O) groups is 1. The highest BCUT2D eigenvalue weighted by Gasteiger charge is 2.38. The molecule has 3 nitrogen and oxygen atoms in total. The van der Waals surface area contributed by atoms with E-state index in [0.29, 0.717) is 11.8 Å². The van der Waals surface area contributed by atoms with Gasteiger partial charge in [-0.25, -0.2) is 0 Å². The summed E-state index contributed by atoms with van der Waals surface area (Å²) in [7, 11) is 0. The number of nitrogens with zero attached hydrogens (tertiary/aromatic N) is 1. The molecule has 1 unspecified atom stereocenters. The Hall–Kier alpha value is -0.570. The summed E-state index contributed by atoms with van der Waals surface area (Å²) in [4.78, 5) is 14.3. The molecule has 3 heteroatoms. The molecule has 0 aromatic carbocycles. The monoisotopic (exact) mass is 212 g/mol. The third kappa shape index (κ3) is 2.94. The first-order valence-corrected chi connectivity index (χ1v) is 5.99. The fourth-order valence-corrected chi connectivity index (χ4v) is 2.18. The van der Waals surface area contributed by atoms with Crippen LogP contribution in [0.15, 0.2) is 0 Å². The van der Waals surface area contributed by atoms with Crippen molar-refractivity contribution in [1.29, 1.82) is 0 Å². The number of amides is 1. The first-order valence-electron chi connectivity index (χ1n) is 5.99. The lowest BCUT2D eigenvalue weighted by Gasteiger charge is -2.31. The Balaban J connectivity index is 2.63. The van der Waals surface area contributed by atoms with Gasteiger partial charge in [0.05, 0.1) is 5.41 Å². The maximum Gasteiger partial charge on any atom is 0.229 e. The number of hydrogen-bond acceptors (Lipinski definition) is 2. The van der Waals surface area contributed by atoms with Crippen LogP contribution in [-0.4, -0.2) is 37.0 Å². The SMILES string of the molecule is CCN(CC(C)C)C(=O)C1(C)CCNC1. The highest BCUT2D eigenvalue weighted by atomic mass is 16.2. The van der Waals surface area contributed by atoms with Crippen molar-refractivity contribution >= 4 is 5.91 Å². The van der Waals surface area contributed by atoms with Crippen molar-refractivity contribution < 1.29 is 4.79 Å². The summed E-state index contributed by atoms with van der Waals surface area (Å²) in [5.74, 6) is 0.871. The van der Waals surface area contributed by atoms with Gasteiger partial charge in [0, 0.05) is 19.6 Å². The van der Waals surface area contributed by atoms with Gasteiger partial charge < -0.3 is 10.2 Å². The van der Waals surface area contributed by atoms with E-state index in [0.717, 1.165) is 32.6 Å². The van der Waals surface area contributed by atoms with Gasteiger partial charge in [-0.05, 0) is 32.7 Å². The molecule has 1 saturated heterocycles. The Morgan fingerprint density at radius 3 is 2.60 bits per heavy atom. The van der Waals surface area contributed by atoms with Crippen molar-refractivity contribution in [2.45, 2.75) is 34.1 Å². The van der Waals surface area contributed by atoms with Crippen LogP contribution in [0.4, 0.5) is 0 Å². The summed E-state index contributed by atoms with van der Waals surface area (Å²) in [6, 6.07) is 0. The minimum Gasteiger partial charge on any atom is -0.342 e. The Bertz CT molecular complexity index is 220. The molecule has 1 N–H and O–H groups in total. The number of nitrogens with one attached hydrogen (secondary N) is 1. The van der Waals surface area contributed by atoms with E-state index in [-0.39, 0.29) is 5.41 Å². The van der Waals surface area contributed by atoms with E-state index in [9.17, 15) is 4.79 Å². The van der Waals surface area contributed by atoms with Gasteiger partial charge in [0.2, 0.25) is 5.91 Å². The topological polar surface area (TPSA) is 32.3 Å². The fourth-order valence-electron chi connectivity index (χ4n) is 2.18. The molecule has 1 rings (SSSR count). The van der Waals surface area contributed by atoms with Crippen LogP contribution in [0.5, 0.6) is 0 Å². The predicted octanol–water partition coefficient (Wildman–Crippen LogP) is 1.49. The molecule has 0 aromatic heterocycles. The normalized spacial score (nSPS) is 25.9. The summed E-state index contributed by atoms with van der Waals surface area (Å²) >= 11 is 0. The van der Waals surface area contributed by atoms with Gasteiger partial charge in [0.1, 0.15) is 0 Å². The molecule has 1 heterocycles. The smallest absolute Gasteiger partial charge is 0.229 e. The minimum absolute atomic E-state index is 0.162. The second-order valence-electron chi connectivity index (χ2n) is 5.23. The second-order valence-corrected chi connectivity index (χ2v) is 5.23. The molecule has 1 aliphatic heterocycles. The zero-order valence-electron chi connectivity index (χ0n) is 10.5. The van der Waals surface area contributed by atoms with Crippen LogP contribution < -0.4 is 5.32 Å². The van der Waals surface area contributed by atoms with E-state index in [1.807, 2.05) is 4.90 Å². The van der Waals surface area contributed by atoms with Crippen LogP contribution in [-0.2, 0) is 4.79 Å². The highest BCUT2D eigenvalue weighted by Crippen LogP contribution is 2.27. The molecule has 0 aromatic rings. The molecular formula is C12H24N2O. The zero-order valence-corrected chi connectivity index (χ0v) is 10.5. The number of rotatable bonds is 4. The van der Waals surface area contributed by atoms with Gasteiger partial charge in [0.15, 0.2) is 0 Å². The predicted molar refractivity (Wildman–Crippen MR) is 62.7 cm³/mol. The van der Waals surface area contributed by atoms with Crippen LogP contribution in [0, 0.1) is 11.3 Å². The second kappa shape index (κ2) is 4.97. The molecule has 0 aliphatic carbocycles. The van der Waals surface area contributed by atoms with Crippen LogP contribution in [0.3, 0.4) is 0 Å². The molecule has 0 bridgehead atoms. The summed E-state index contributed by atoms with van der Waals surface area (Å²) in [6.45, 7) is 12.0. The molecule has 88 valence electrons. The van der Waals surface area contributed by atoms with Gasteiger partial charge in [-0.1, -0.05) is 13.8 Å². The molecular weight excluding hydrogens is 188 g/mol. The molecule has 0 saturated carbocycles. The quantitative estimate of drug-likeness (QED) is 0.766. The maximum absolute atomic E-state index is 12.3. The summed E-state index contributed by atoms with van der Waals surface area (Å²) in [5.41, 5.74) is -0.162. The lowest BCUT2D eigenvalue weighted by molar-refractivity contribution is -0.140. The van der Waals surface area contributed by atoms with E-state index in [4.69, 9.17) is 0 Å². The van der Waals surface area contributed by atoms with E-state index in [1.54, 1.807) is 0 Å². The van der Waals surface area contributed by atoms with Crippen molar-refractivity contribution in [3.8, 4) is 0 Å². The average Bonchev–Trinajstić information content (AvgIpc) is 2.61. The van der Waals surface area contributed by atoms with Crippen LogP contribution in [0.1, 0.15) is 34.1 Å². The third-order valence-electron chi connectivity index (χ3n) is 3.14. The molecule has 1 fully saturated rings. The summed E-state index contributed by atoms with van der Waals surface area (Å²) in [6.07, 6.45) is 0.973. The Morgan fingerprint density at radius 2 is 2.20 bits per heavy atom. The lowest BCUT2D eigenvalue weighted by Crippen LogP contribution is -2.45. The molecule has 1 aliphatic rings. The molecule has 0 spiro atoms. The van der Waals surface area contributed by atoms with Crippen molar-refractivity contribution in [1.82, 2.24) is 10.2 Å². The van der Waals surface area contributed by atoms with Crippen LogP contribution in [0.25, 0.3) is 0 Å². The van der Waals surface area contributed by atoms with Crippen molar-refractivity contribution in [3.63, 3.8) is 0 Å². The first kappa shape index (κ1) is 12.5. The summed E-state index contributed by atoms with van der Waals surface area (Å²) < 4.78 is 0. The Labute approximate surface area is 93.2 Å². The molecule has 1 amide bonds. The standard InChI is InChI=1S/C12H24N2O/c1-5-14(8-10(2)3)11(15)12(4)6-7-13-9-12/h10,13H,5-9H2,1-4H3. The average molecular weight is 212 g/mol. The van der Waals surface area contributed by atoms with Crippen LogP contribution in [0.2, 0.25) is 0 Å². The van der Waals surface area contributed by atoms with Gasteiger partial charge in [-0.15, -0.1) is 0 Å². The Kier molecular flexibility index (Phi) is 4.14. The summed E-state index contributed by atoms with van der Waals surface area (Å²) in [5, 5.41) is 3.28.